The van der Waals surface area contributed by atoms with Crippen molar-refractivity contribution in [2.45, 2.75) is 57.5 Å². The average molecular weight is 287 g/mol. The molecule has 2 heteroatoms. The van der Waals surface area contributed by atoms with Crippen LogP contribution in [0.2, 0.25) is 0 Å². The van der Waals surface area contributed by atoms with Crippen molar-refractivity contribution in [1.29, 1.82) is 0 Å². The van der Waals surface area contributed by atoms with Gasteiger partial charge in [-0.1, -0.05) is 51.0 Å². The molecule has 4 atom stereocenters. The Balaban J connectivity index is 1.72. The number of fused-ring (bicyclic) bond motifs is 1. The number of nitrogens with two attached hydrogens (primary N) is 1. The summed E-state index contributed by atoms with van der Waals surface area (Å²) >= 11 is 0. The Morgan fingerprint density at radius 1 is 1.05 bits per heavy atom. The zero-order chi connectivity index (χ0) is 15.0. The molecule has 3 rings (SSSR count). The smallest absolute Gasteiger partial charge is 0.0654 e. The summed E-state index contributed by atoms with van der Waals surface area (Å²) in [6.07, 6.45) is 5.07. The molecule has 1 aromatic carbocycles. The van der Waals surface area contributed by atoms with Gasteiger partial charge in [-0.25, -0.2) is 0 Å². The number of rotatable bonds is 5. The molecule has 0 bridgehead atoms. The van der Waals surface area contributed by atoms with Gasteiger partial charge in [0, 0.05) is 12.5 Å². The summed E-state index contributed by atoms with van der Waals surface area (Å²) in [6.45, 7) is 4.95. The second kappa shape index (κ2) is 6.10. The monoisotopic (exact) mass is 287 g/mol. The molecule has 0 heterocycles. The van der Waals surface area contributed by atoms with E-state index >= 15 is 0 Å². The lowest BCUT2D eigenvalue weighted by Gasteiger charge is -2.23. The van der Waals surface area contributed by atoms with Crippen LogP contribution >= 0.6 is 0 Å². The van der Waals surface area contributed by atoms with E-state index in [1.54, 1.807) is 0 Å². The highest BCUT2D eigenvalue weighted by Gasteiger charge is 2.55. The quantitative estimate of drug-likeness (QED) is 0.868. The molecule has 21 heavy (non-hydrogen) atoms. The Bertz CT molecular complexity index is 455. The maximum atomic E-state index is 10.8. The molecule has 2 fully saturated rings. The van der Waals surface area contributed by atoms with E-state index in [4.69, 9.17) is 5.73 Å². The van der Waals surface area contributed by atoms with Crippen LogP contribution in [0.1, 0.15) is 62.5 Å². The van der Waals surface area contributed by atoms with Crippen molar-refractivity contribution < 1.29 is 5.11 Å². The van der Waals surface area contributed by atoms with Gasteiger partial charge in [0.05, 0.1) is 6.10 Å². The van der Waals surface area contributed by atoms with Crippen LogP contribution in [-0.4, -0.2) is 17.8 Å². The zero-order valence-corrected chi connectivity index (χ0v) is 13.3. The molecule has 2 saturated carbocycles. The normalized spacial score (nSPS) is 30.8. The third-order valence-corrected chi connectivity index (χ3v) is 5.81. The molecular formula is C19H29NO. The first-order valence-corrected chi connectivity index (χ1v) is 8.61. The van der Waals surface area contributed by atoms with Crippen LogP contribution in [-0.2, 0) is 0 Å². The van der Waals surface area contributed by atoms with Crippen molar-refractivity contribution >= 4 is 0 Å². The number of hydrogen-bond acceptors (Lipinski definition) is 2. The standard InChI is InChI=1S/C19H29NO/c1-12(2)13-7-9-14(10-8-13)17(11-20)19(21)18-15-5-3-4-6-16(15)18/h7-10,12,15-19,21H,3-6,11,20H2,1-2H3. The summed E-state index contributed by atoms with van der Waals surface area (Å²) in [4.78, 5) is 0. The highest BCUT2D eigenvalue weighted by Crippen LogP contribution is 2.58. The molecule has 116 valence electrons. The van der Waals surface area contributed by atoms with E-state index < -0.39 is 0 Å². The van der Waals surface area contributed by atoms with Crippen LogP contribution in [0.4, 0.5) is 0 Å². The van der Waals surface area contributed by atoms with E-state index in [1.807, 2.05) is 0 Å². The average Bonchev–Trinajstić information content (AvgIpc) is 3.22. The second-order valence-electron chi connectivity index (χ2n) is 7.34. The van der Waals surface area contributed by atoms with E-state index in [-0.39, 0.29) is 12.0 Å². The number of hydrogen-bond donors (Lipinski definition) is 2. The van der Waals surface area contributed by atoms with Crippen molar-refractivity contribution in [3.05, 3.63) is 35.4 Å². The predicted molar refractivity (Wildman–Crippen MR) is 87.3 cm³/mol. The lowest BCUT2D eigenvalue weighted by molar-refractivity contribution is 0.112. The summed E-state index contributed by atoms with van der Waals surface area (Å²) in [5.74, 6) is 2.70. The summed E-state index contributed by atoms with van der Waals surface area (Å²) in [7, 11) is 0. The molecule has 2 aliphatic carbocycles. The fourth-order valence-corrected chi connectivity index (χ4v) is 4.42. The fraction of sp³-hybridized carbons (Fsp3) is 0.684. The van der Waals surface area contributed by atoms with Crippen molar-refractivity contribution in [3.8, 4) is 0 Å². The van der Waals surface area contributed by atoms with Crippen LogP contribution in [0.15, 0.2) is 24.3 Å². The van der Waals surface area contributed by atoms with Crippen LogP contribution in [0.5, 0.6) is 0 Å². The number of aliphatic hydroxyl groups is 1. The van der Waals surface area contributed by atoms with Crippen molar-refractivity contribution in [2.75, 3.05) is 6.54 Å². The molecule has 0 aromatic heterocycles. The predicted octanol–water partition coefficient (Wildman–Crippen LogP) is 3.65. The number of aliphatic hydroxyl groups excluding tert-OH is 1. The lowest BCUT2D eigenvalue weighted by atomic mass is 9.88. The largest absolute Gasteiger partial charge is 0.392 e. The summed E-state index contributed by atoms with van der Waals surface area (Å²) in [6, 6.07) is 8.72. The molecule has 0 spiro atoms. The van der Waals surface area contributed by atoms with Gasteiger partial charge in [-0.3, -0.25) is 0 Å². The first-order chi connectivity index (χ1) is 10.1. The highest BCUT2D eigenvalue weighted by molar-refractivity contribution is 5.29. The molecule has 2 aliphatic rings. The van der Waals surface area contributed by atoms with Crippen molar-refractivity contribution in [2.24, 2.45) is 23.5 Å². The van der Waals surface area contributed by atoms with Crippen LogP contribution in [0.3, 0.4) is 0 Å². The minimum Gasteiger partial charge on any atom is -0.392 e. The maximum Gasteiger partial charge on any atom is 0.0654 e. The van der Waals surface area contributed by atoms with Crippen molar-refractivity contribution in [1.82, 2.24) is 0 Å². The molecule has 0 amide bonds. The minimum absolute atomic E-state index is 0.0989. The van der Waals surface area contributed by atoms with Gasteiger partial charge in [0.1, 0.15) is 0 Å². The SMILES string of the molecule is CC(C)c1ccc(C(CN)C(O)C2C3CCCCC32)cc1. The molecule has 1 aromatic rings. The van der Waals surface area contributed by atoms with Gasteiger partial charge in [-0.15, -0.1) is 0 Å². The Labute approximate surface area is 128 Å². The van der Waals surface area contributed by atoms with Gasteiger partial charge < -0.3 is 10.8 Å². The van der Waals surface area contributed by atoms with E-state index in [9.17, 15) is 5.11 Å². The first-order valence-electron chi connectivity index (χ1n) is 8.61. The van der Waals surface area contributed by atoms with Crippen molar-refractivity contribution in [3.63, 3.8) is 0 Å². The molecular weight excluding hydrogens is 258 g/mol. The van der Waals surface area contributed by atoms with E-state index in [0.29, 0.717) is 18.4 Å². The molecule has 0 radical (unpaired) electrons. The zero-order valence-electron chi connectivity index (χ0n) is 13.3. The maximum absolute atomic E-state index is 10.8. The summed E-state index contributed by atoms with van der Waals surface area (Å²) < 4.78 is 0. The van der Waals surface area contributed by atoms with E-state index in [1.165, 1.54) is 36.8 Å². The van der Waals surface area contributed by atoms with Gasteiger partial charge in [-0.05, 0) is 47.6 Å². The highest BCUT2D eigenvalue weighted by atomic mass is 16.3. The topological polar surface area (TPSA) is 46.2 Å². The molecule has 0 aliphatic heterocycles. The second-order valence-corrected chi connectivity index (χ2v) is 7.34. The van der Waals surface area contributed by atoms with E-state index in [0.717, 1.165) is 11.8 Å². The fourth-order valence-electron chi connectivity index (χ4n) is 4.42. The first kappa shape index (κ1) is 15.1. The molecule has 2 nitrogen and oxygen atoms in total. The molecule has 3 N–H and O–H groups in total. The Morgan fingerprint density at radius 3 is 2.05 bits per heavy atom. The van der Waals surface area contributed by atoms with Gasteiger partial charge >= 0.3 is 0 Å². The van der Waals surface area contributed by atoms with E-state index in [2.05, 4.69) is 38.1 Å². The van der Waals surface area contributed by atoms with Gasteiger partial charge in [0.2, 0.25) is 0 Å². The van der Waals surface area contributed by atoms with Gasteiger partial charge in [0.15, 0.2) is 0 Å². The molecule has 0 saturated heterocycles. The van der Waals surface area contributed by atoms with Crippen LogP contribution in [0.25, 0.3) is 0 Å². The minimum atomic E-state index is -0.256. The van der Waals surface area contributed by atoms with Gasteiger partial charge in [-0.2, -0.15) is 0 Å². The summed E-state index contributed by atoms with van der Waals surface area (Å²) in [5.41, 5.74) is 8.56. The Kier molecular flexibility index (Phi) is 4.37. The lowest BCUT2D eigenvalue weighted by Crippen LogP contribution is -2.28. The Hall–Kier alpha value is -0.860. The number of benzene rings is 1. The van der Waals surface area contributed by atoms with Crippen LogP contribution in [0, 0.1) is 17.8 Å². The third kappa shape index (κ3) is 2.89. The summed E-state index contributed by atoms with van der Waals surface area (Å²) in [5, 5.41) is 10.8. The molecule has 4 unspecified atom stereocenters. The Morgan fingerprint density at radius 2 is 1.57 bits per heavy atom. The van der Waals surface area contributed by atoms with Crippen LogP contribution < -0.4 is 5.73 Å². The van der Waals surface area contributed by atoms with Gasteiger partial charge in [0.25, 0.3) is 0 Å². The third-order valence-electron chi connectivity index (χ3n) is 5.81.